The maximum atomic E-state index is 4.39. The third-order valence-electron chi connectivity index (χ3n) is 4.61. The molecule has 0 radical (unpaired) electrons. The summed E-state index contributed by atoms with van der Waals surface area (Å²) >= 11 is 0. The monoisotopic (exact) mass is 203 g/mol. The van der Waals surface area contributed by atoms with Gasteiger partial charge in [-0.15, -0.1) is 10.2 Å². The predicted molar refractivity (Wildman–Crippen MR) is 56.5 cm³/mol. The highest BCUT2D eigenvalue weighted by Gasteiger charge is 2.43. The van der Waals surface area contributed by atoms with Crippen LogP contribution in [0.4, 0.5) is 0 Å². The Bertz CT molecular complexity index is 380. The minimum atomic E-state index is 0.742. The Balaban J connectivity index is 1.68. The van der Waals surface area contributed by atoms with E-state index < -0.39 is 0 Å². The molecule has 3 atom stereocenters. The van der Waals surface area contributed by atoms with Crippen molar-refractivity contribution in [2.45, 2.75) is 50.5 Å². The van der Waals surface area contributed by atoms with Gasteiger partial charge in [-0.05, 0) is 43.9 Å². The smallest absolute Gasteiger partial charge is 0.136 e. The Kier molecular flexibility index (Phi) is 1.57. The topological polar surface area (TPSA) is 30.7 Å². The van der Waals surface area contributed by atoms with E-state index in [0.29, 0.717) is 0 Å². The molecular weight excluding hydrogens is 186 g/mol. The summed E-state index contributed by atoms with van der Waals surface area (Å²) in [5, 5.41) is 8.52. The Morgan fingerprint density at radius 3 is 2.73 bits per heavy atom. The molecule has 2 bridgehead atoms. The van der Waals surface area contributed by atoms with Crippen LogP contribution in [0, 0.1) is 11.8 Å². The summed E-state index contributed by atoms with van der Waals surface area (Å²) in [6.07, 6.45) is 10.4. The van der Waals surface area contributed by atoms with Gasteiger partial charge in [0.05, 0.1) is 0 Å². The lowest BCUT2D eigenvalue weighted by Crippen LogP contribution is -2.14. The van der Waals surface area contributed by atoms with Gasteiger partial charge in [-0.25, -0.2) is 0 Å². The molecular formula is C12H17N3. The molecule has 3 aliphatic carbocycles. The quantitative estimate of drug-likeness (QED) is 0.739. The molecule has 15 heavy (non-hydrogen) atoms. The van der Waals surface area contributed by atoms with Crippen LogP contribution in [0.25, 0.3) is 0 Å². The molecule has 1 aromatic heterocycles. The maximum absolute atomic E-state index is 4.39. The van der Waals surface area contributed by atoms with Gasteiger partial charge in [0.1, 0.15) is 12.2 Å². The lowest BCUT2D eigenvalue weighted by Gasteiger charge is -2.21. The fourth-order valence-electron chi connectivity index (χ4n) is 3.71. The van der Waals surface area contributed by atoms with E-state index >= 15 is 0 Å². The number of rotatable bonds is 2. The molecule has 80 valence electrons. The molecule has 3 unspecified atom stereocenters. The molecule has 1 aromatic rings. The van der Waals surface area contributed by atoms with E-state index in [1.807, 2.05) is 6.33 Å². The number of aromatic nitrogens is 3. The van der Waals surface area contributed by atoms with Crippen molar-refractivity contribution in [2.75, 3.05) is 0 Å². The van der Waals surface area contributed by atoms with Crippen molar-refractivity contribution in [3.05, 3.63) is 12.2 Å². The van der Waals surface area contributed by atoms with Crippen LogP contribution in [0.15, 0.2) is 6.33 Å². The molecule has 3 aliphatic rings. The highest BCUT2D eigenvalue weighted by molar-refractivity contribution is 5.09. The Morgan fingerprint density at radius 1 is 1.13 bits per heavy atom. The summed E-state index contributed by atoms with van der Waals surface area (Å²) in [6.45, 7) is 0. The van der Waals surface area contributed by atoms with Crippen LogP contribution in [0.3, 0.4) is 0 Å². The van der Waals surface area contributed by atoms with Crippen LogP contribution < -0.4 is 0 Å². The van der Waals surface area contributed by atoms with E-state index in [9.17, 15) is 0 Å². The summed E-state index contributed by atoms with van der Waals surface area (Å²) in [7, 11) is 0. The van der Waals surface area contributed by atoms with Gasteiger partial charge in [0.15, 0.2) is 0 Å². The fraction of sp³-hybridized carbons (Fsp3) is 0.833. The second kappa shape index (κ2) is 2.83. The predicted octanol–water partition coefficient (Wildman–Crippen LogP) is 2.52. The zero-order valence-corrected chi connectivity index (χ0v) is 8.97. The summed E-state index contributed by atoms with van der Waals surface area (Å²) in [5.74, 6) is 3.98. The molecule has 3 heteroatoms. The molecule has 4 rings (SSSR count). The molecule has 0 amide bonds. The van der Waals surface area contributed by atoms with E-state index in [2.05, 4.69) is 14.8 Å². The van der Waals surface area contributed by atoms with Gasteiger partial charge in [-0.1, -0.05) is 6.42 Å². The zero-order chi connectivity index (χ0) is 9.83. The van der Waals surface area contributed by atoms with Crippen molar-refractivity contribution in [2.24, 2.45) is 11.8 Å². The van der Waals surface area contributed by atoms with Gasteiger partial charge in [0.25, 0.3) is 0 Å². The molecule has 0 N–H and O–H groups in total. The first-order valence-electron chi connectivity index (χ1n) is 6.31. The third kappa shape index (κ3) is 1.18. The molecule has 1 heterocycles. The highest BCUT2D eigenvalue weighted by atomic mass is 15.3. The van der Waals surface area contributed by atoms with Crippen molar-refractivity contribution >= 4 is 0 Å². The summed E-state index contributed by atoms with van der Waals surface area (Å²) in [6, 6.07) is 0.745. The maximum Gasteiger partial charge on any atom is 0.136 e. The number of hydrogen-bond donors (Lipinski definition) is 0. The first-order valence-corrected chi connectivity index (χ1v) is 6.31. The van der Waals surface area contributed by atoms with Crippen LogP contribution in [-0.4, -0.2) is 14.8 Å². The average Bonchev–Trinajstić information content (AvgIpc) is 2.74. The second-order valence-corrected chi connectivity index (χ2v) is 5.61. The lowest BCUT2D eigenvalue weighted by atomic mass is 9.88. The highest BCUT2D eigenvalue weighted by Crippen LogP contribution is 2.53. The first-order chi connectivity index (χ1) is 7.42. The standard InChI is InChI=1S/C12H17N3/c1-2-9-5-8(1)6-11(9)12-14-13-7-15(12)10-3-4-10/h7-11H,1-6H2. The number of hydrogen-bond acceptors (Lipinski definition) is 2. The molecule has 0 spiro atoms. The fourth-order valence-corrected chi connectivity index (χ4v) is 3.71. The van der Waals surface area contributed by atoms with Crippen molar-refractivity contribution < 1.29 is 0 Å². The number of fused-ring (bicyclic) bond motifs is 2. The van der Waals surface area contributed by atoms with Gasteiger partial charge in [0, 0.05) is 12.0 Å². The van der Waals surface area contributed by atoms with Crippen LogP contribution in [0.5, 0.6) is 0 Å². The summed E-state index contributed by atoms with van der Waals surface area (Å²) in [5.41, 5.74) is 0. The summed E-state index contributed by atoms with van der Waals surface area (Å²) in [4.78, 5) is 0. The van der Waals surface area contributed by atoms with Crippen molar-refractivity contribution in [3.8, 4) is 0 Å². The van der Waals surface area contributed by atoms with Crippen LogP contribution in [-0.2, 0) is 0 Å². The van der Waals surface area contributed by atoms with Gasteiger partial charge in [-0.2, -0.15) is 0 Å². The minimum absolute atomic E-state index is 0.742. The second-order valence-electron chi connectivity index (χ2n) is 5.61. The Morgan fingerprint density at radius 2 is 2.07 bits per heavy atom. The van der Waals surface area contributed by atoms with E-state index in [0.717, 1.165) is 23.8 Å². The molecule has 0 saturated heterocycles. The molecule has 0 aliphatic heterocycles. The van der Waals surface area contributed by atoms with Gasteiger partial charge < -0.3 is 4.57 Å². The Labute approximate surface area is 89.9 Å². The SMILES string of the molecule is c1nnc(C2CC3CCC2C3)n1C1CC1. The van der Waals surface area contributed by atoms with Gasteiger partial charge >= 0.3 is 0 Å². The first kappa shape index (κ1) is 8.31. The zero-order valence-electron chi connectivity index (χ0n) is 8.97. The van der Waals surface area contributed by atoms with Gasteiger partial charge in [0.2, 0.25) is 0 Å². The van der Waals surface area contributed by atoms with Crippen LogP contribution in [0.2, 0.25) is 0 Å². The Hall–Kier alpha value is -0.860. The van der Waals surface area contributed by atoms with Crippen LogP contribution >= 0.6 is 0 Å². The summed E-state index contributed by atoms with van der Waals surface area (Å²) < 4.78 is 2.37. The average molecular weight is 203 g/mol. The largest absolute Gasteiger partial charge is 0.314 e. The molecule has 3 saturated carbocycles. The molecule has 0 aromatic carbocycles. The van der Waals surface area contributed by atoms with E-state index in [4.69, 9.17) is 0 Å². The van der Waals surface area contributed by atoms with E-state index in [-0.39, 0.29) is 0 Å². The van der Waals surface area contributed by atoms with E-state index in [1.165, 1.54) is 44.3 Å². The van der Waals surface area contributed by atoms with Crippen LogP contribution in [0.1, 0.15) is 56.3 Å². The van der Waals surface area contributed by atoms with Crippen molar-refractivity contribution in [3.63, 3.8) is 0 Å². The minimum Gasteiger partial charge on any atom is -0.314 e. The molecule has 3 nitrogen and oxygen atoms in total. The van der Waals surface area contributed by atoms with Gasteiger partial charge in [-0.3, -0.25) is 0 Å². The normalized spacial score (nSPS) is 38.8. The van der Waals surface area contributed by atoms with E-state index in [1.54, 1.807) is 0 Å². The van der Waals surface area contributed by atoms with Crippen molar-refractivity contribution in [1.82, 2.24) is 14.8 Å². The number of nitrogens with zero attached hydrogens (tertiary/aromatic N) is 3. The molecule has 3 fully saturated rings. The van der Waals surface area contributed by atoms with Crippen molar-refractivity contribution in [1.29, 1.82) is 0 Å². The third-order valence-corrected chi connectivity index (χ3v) is 4.61. The lowest BCUT2D eigenvalue weighted by molar-refractivity contribution is 0.393.